The Bertz CT molecular complexity index is 1500. The first-order valence-electron chi connectivity index (χ1n) is 12.8. The molecule has 0 saturated carbocycles. The third-order valence-corrected chi connectivity index (χ3v) is 9.59. The Kier molecular flexibility index (Phi) is 8.35. The van der Waals surface area contributed by atoms with Gasteiger partial charge in [0.1, 0.15) is 10.6 Å². The van der Waals surface area contributed by atoms with Gasteiger partial charge in [-0.05, 0) is 56.5 Å². The summed E-state index contributed by atoms with van der Waals surface area (Å²) < 4.78 is 62.1. The summed E-state index contributed by atoms with van der Waals surface area (Å²) in [5.41, 5.74) is 0.256. The molecule has 0 radical (unpaired) electrons. The van der Waals surface area contributed by atoms with Crippen molar-refractivity contribution in [3.05, 3.63) is 65.0 Å². The van der Waals surface area contributed by atoms with E-state index in [0.29, 0.717) is 61.5 Å². The minimum absolute atomic E-state index is 0.170. The van der Waals surface area contributed by atoms with Gasteiger partial charge in [0.2, 0.25) is 15.5 Å². The van der Waals surface area contributed by atoms with Gasteiger partial charge >= 0.3 is 0 Å². The molecule has 2 atom stereocenters. The first-order chi connectivity index (χ1) is 18.8. The first kappa shape index (κ1) is 27.7. The number of para-hydroxylation sites is 1. The zero-order chi connectivity index (χ0) is 27.5. The van der Waals surface area contributed by atoms with Gasteiger partial charge in [0.05, 0.1) is 24.5 Å². The van der Waals surface area contributed by atoms with E-state index in [9.17, 15) is 17.4 Å². The topological polar surface area (TPSA) is 150 Å². The van der Waals surface area contributed by atoms with Crippen LogP contribution in [0.25, 0.3) is 10.9 Å². The van der Waals surface area contributed by atoms with E-state index in [1.807, 2.05) is 0 Å². The van der Waals surface area contributed by atoms with E-state index < -0.39 is 26.7 Å². The number of rotatable bonds is 10. The van der Waals surface area contributed by atoms with Gasteiger partial charge in [0.25, 0.3) is 11.3 Å². The predicted molar refractivity (Wildman–Crippen MR) is 149 cm³/mol. The van der Waals surface area contributed by atoms with Crippen LogP contribution in [0.5, 0.6) is 5.75 Å². The Labute approximate surface area is 229 Å². The number of fused-ring (bicyclic) bond motifs is 1. The number of benzene rings is 2. The van der Waals surface area contributed by atoms with Crippen LogP contribution in [0, 0.1) is 0 Å². The quantitative estimate of drug-likeness (QED) is 0.212. The van der Waals surface area contributed by atoms with E-state index in [1.165, 1.54) is 10.5 Å². The van der Waals surface area contributed by atoms with Crippen LogP contribution >= 0.6 is 0 Å². The normalized spacial score (nSPS) is 20.3. The molecule has 13 heteroatoms. The number of nitrogens with zero attached hydrogens (tertiary/aromatic N) is 1. The lowest BCUT2D eigenvalue weighted by atomic mass is 9.88. The van der Waals surface area contributed by atoms with Crippen LogP contribution in [0.1, 0.15) is 25.7 Å². The van der Waals surface area contributed by atoms with Gasteiger partial charge in [-0.3, -0.25) is 14.1 Å². The maximum absolute atomic E-state index is 13.3. The number of hydrogen-bond acceptors (Lipinski definition) is 7. The second-order valence-electron chi connectivity index (χ2n) is 9.86. The summed E-state index contributed by atoms with van der Waals surface area (Å²) in [5.74, 6) is 0.612. The zero-order valence-corrected chi connectivity index (χ0v) is 22.9. The number of aromatic nitrogens is 1. The van der Waals surface area contributed by atoms with Gasteiger partial charge < -0.3 is 19.8 Å². The molecule has 0 aliphatic carbocycles. The minimum atomic E-state index is -3.92. The van der Waals surface area contributed by atoms with Gasteiger partial charge in [-0.25, -0.2) is 12.6 Å². The van der Waals surface area contributed by atoms with Crippen molar-refractivity contribution in [2.24, 2.45) is 0 Å². The molecule has 2 aliphatic heterocycles. The number of hydrogen-bond donors (Lipinski definition) is 4. The Hall–Kier alpha value is -2.81. The fraction of sp³-hybridized carbons (Fsp3) is 0.423. The largest absolute Gasteiger partial charge is 0.493 e. The second kappa shape index (κ2) is 11.7. The second-order valence-corrected chi connectivity index (χ2v) is 12.5. The van der Waals surface area contributed by atoms with Gasteiger partial charge in [-0.15, -0.1) is 0 Å². The van der Waals surface area contributed by atoms with Crippen molar-refractivity contribution in [2.75, 3.05) is 37.6 Å². The molecule has 3 heterocycles. The fourth-order valence-electron chi connectivity index (χ4n) is 5.26. The summed E-state index contributed by atoms with van der Waals surface area (Å²) in [6.07, 6.45) is 4.00. The summed E-state index contributed by atoms with van der Waals surface area (Å²) in [6.45, 7) is 2.37. The molecule has 5 rings (SSSR count). The average Bonchev–Trinajstić information content (AvgIpc) is 3.30. The predicted octanol–water partition coefficient (Wildman–Crippen LogP) is 2.45. The standard InChI is InChI=1S/C26H32N4O7S2/c31-25-22-7-1-2-8-23(22)28-17-24(25)39(34,35)30-12-9-26(10-13-30)16-20(18-37-26)27-11-4-14-36-21-6-3-5-19(15-21)29-38(32)33/h1-3,5-8,15,17,20,27,29H,4,9-14,16,18H2,(H,28,31)(H,32,33)/t20-/m1/s1. The molecule has 39 heavy (non-hydrogen) atoms. The summed E-state index contributed by atoms with van der Waals surface area (Å²) >= 11 is -2.14. The van der Waals surface area contributed by atoms with Gasteiger partial charge in [-0.1, -0.05) is 18.2 Å². The molecule has 3 aromatic rings. The lowest BCUT2D eigenvalue weighted by molar-refractivity contribution is -0.0311. The molecule has 2 aliphatic rings. The summed E-state index contributed by atoms with van der Waals surface area (Å²) in [6, 6.07) is 13.9. The minimum Gasteiger partial charge on any atom is -0.493 e. The summed E-state index contributed by atoms with van der Waals surface area (Å²) in [4.78, 5) is 15.6. The highest BCUT2D eigenvalue weighted by Gasteiger charge is 2.45. The Balaban J connectivity index is 1.08. The molecule has 11 nitrogen and oxygen atoms in total. The van der Waals surface area contributed by atoms with Crippen molar-refractivity contribution in [2.45, 2.75) is 42.2 Å². The van der Waals surface area contributed by atoms with E-state index in [-0.39, 0.29) is 16.5 Å². The van der Waals surface area contributed by atoms with E-state index in [2.05, 4.69) is 15.0 Å². The van der Waals surface area contributed by atoms with E-state index in [4.69, 9.17) is 14.0 Å². The van der Waals surface area contributed by atoms with Crippen LogP contribution < -0.4 is 20.2 Å². The number of piperidine rings is 1. The average molecular weight is 577 g/mol. The van der Waals surface area contributed by atoms with Crippen LogP contribution in [0.15, 0.2) is 64.4 Å². The van der Waals surface area contributed by atoms with Gasteiger partial charge in [-0.2, -0.15) is 4.31 Å². The fourth-order valence-corrected chi connectivity index (χ4v) is 7.08. The summed E-state index contributed by atoms with van der Waals surface area (Å²) in [7, 11) is -3.92. The SMILES string of the molecule is O=c1c(S(=O)(=O)N2CCC3(CC2)C[C@@H](NCCCOc2cccc(NS(=O)O)c2)CO3)c[nH]c2ccccc12. The third-order valence-electron chi connectivity index (χ3n) is 7.28. The number of nitrogens with one attached hydrogen (secondary N) is 3. The molecule has 2 saturated heterocycles. The van der Waals surface area contributed by atoms with E-state index in [1.54, 1.807) is 48.5 Å². The number of sulfonamides is 1. The van der Waals surface area contributed by atoms with Crippen molar-refractivity contribution < 1.29 is 26.7 Å². The molecular weight excluding hydrogens is 544 g/mol. The molecular formula is C26H32N4O7S2. The van der Waals surface area contributed by atoms with Crippen LogP contribution in [0.2, 0.25) is 0 Å². The number of ether oxygens (including phenoxy) is 2. The maximum Gasteiger partial charge on any atom is 0.259 e. The number of H-pyrrole nitrogens is 1. The number of pyridine rings is 1. The maximum atomic E-state index is 13.3. The van der Waals surface area contributed by atoms with Crippen molar-refractivity contribution in [3.8, 4) is 5.75 Å². The highest BCUT2D eigenvalue weighted by atomic mass is 32.2. The van der Waals surface area contributed by atoms with Gasteiger partial charge in [0, 0.05) is 42.3 Å². The van der Waals surface area contributed by atoms with E-state index in [0.717, 1.165) is 19.4 Å². The monoisotopic (exact) mass is 576 g/mol. The molecule has 1 spiro atoms. The Morgan fingerprint density at radius 3 is 2.77 bits per heavy atom. The number of anilines is 1. The molecule has 0 amide bonds. The highest BCUT2D eigenvalue weighted by molar-refractivity contribution is 7.89. The van der Waals surface area contributed by atoms with E-state index >= 15 is 0 Å². The smallest absolute Gasteiger partial charge is 0.259 e. The van der Waals surface area contributed by atoms with Crippen molar-refractivity contribution in [1.29, 1.82) is 0 Å². The van der Waals surface area contributed by atoms with Crippen molar-refractivity contribution >= 4 is 37.9 Å². The van der Waals surface area contributed by atoms with Crippen LogP contribution in [0.4, 0.5) is 5.69 Å². The molecule has 2 fully saturated rings. The number of aromatic amines is 1. The highest BCUT2D eigenvalue weighted by Crippen LogP contribution is 2.37. The van der Waals surface area contributed by atoms with Crippen molar-refractivity contribution in [1.82, 2.24) is 14.6 Å². The molecule has 1 unspecified atom stereocenters. The zero-order valence-electron chi connectivity index (χ0n) is 21.3. The first-order valence-corrected chi connectivity index (χ1v) is 15.4. The molecule has 2 aromatic carbocycles. The Morgan fingerprint density at radius 1 is 1.18 bits per heavy atom. The lowest BCUT2D eigenvalue weighted by Gasteiger charge is -2.37. The molecule has 1 aromatic heterocycles. The summed E-state index contributed by atoms with van der Waals surface area (Å²) in [5, 5.41) is 3.86. The van der Waals surface area contributed by atoms with Crippen molar-refractivity contribution in [3.63, 3.8) is 0 Å². The Morgan fingerprint density at radius 2 is 1.97 bits per heavy atom. The van der Waals surface area contributed by atoms with Crippen LogP contribution in [0.3, 0.4) is 0 Å². The molecule has 0 bridgehead atoms. The van der Waals surface area contributed by atoms with Gasteiger partial charge in [0.15, 0.2) is 0 Å². The van der Waals surface area contributed by atoms with Crippen LogP contribution in [-0.2, 0) is 26.0 Å². The lowest BCUT2D eigenvalue weighted by Crippen LogP contribution is -2.47. The molecule has 210 valence electrons. The molecule has 4 N–H and O–H groups in total. The van der Waals surface area contributed by atoms with Crippen LogP contribution in [-0.4, -0.2) is 71.0 Å². The third kappa shape index (κ3) is 6.34.